The number of aryl methyl sites for hydroxylation is 1. The van der Waals surface area contributed by atoms with Crippen LogP contribution in [0.3, 0.4) is 0 Å². The van der Waals surface area contributed by atoms with Gasteiger partial charge < -0.3 is 16.4 Å². The minimum absolute atomic E-state index is 0.0162. The molecule has 0 unspecified atom stereocenters. The minimum Gasteiger partial charge on any atom is -0.352 e. The van der Waals surface area contributed by atoms with E-state index in [2.05, 4.69) is 10.6 Å². The lowest BCUT2D eigenvalue weighted by Crippen LogP contribution is -2.30. The smallest absolute Gasteiger partial charge is 0.251 e. The zero-order valence-corrected chi connectivity index (χ0v) is 13.3. The monoisotopic (exact) mass is 303 g/mol. The van der Waals surface area contributed by atoms with Crippen molar-refractivity contribution < 1.29 is 9.59 Å². The van der Waals surface area contributed by atoms with Crippen molar-refractivity contribution in [2.45, 2.75) is 33.1 Å². The highest BCUT2D eigenvalue weighted by Crippen LogP contribution is 2.32. The molecule has 120 valence electrons. The number of rotatable bonds is 5. The maximum Gasteiger partial charge on any atom is 0.251 e. The second kappa shape index (κ2) is 7.40. The Balaban J connectivity index is 2.13. The largest absolute Gasteiger partial charge is 0.352 e. The van der Waals surface area contributed by atoms with Crippen LogP contribution in [-0.4, -0.2) is 24.9 Å². The topological polar surface area (TPSA) is 84.2 Å². The maximum atomic E-state index is 12.5. The number of amides is 2. The molecule has 4 N–H and O–H groups in total. The molecule has 2 atom stereocenters. The van der Waals surface area contributed by atoms with Crippen LogP contribution < -0.4 is 16.4 Å². The average Bonchev–Trinajstić information content (AvgIpc) is 2.98. The fourth-order valence-corrected chi connectivity index (χ4v) is 3.05. The van der Waals surface area contributed by atoms with E-state index in [0.717, 1.165) is 24.8 Å². The van der Waals surface area contributed by atoms with E-state index in [0.29, 0.717) is 24.3 Å². The van der Waals surface area contributed by atoms with Gasteiger partial charge in [-0.1, -0.05) is 12.5 Å². The summed E-state index contributed by atoms with van der Waals surface area (Å²) >= 11 is 0. The molecule has 0 aliphatic heterocycles. The minimum atomic E-state index is -0.126. The Hall–Kier alpha value is -1.88. The van der Waals surface area contributed by atoms with Crippen LogP contribution in [0.2, 0.25) is 0 Å². The Morgan fingerprint density at radius 3 is 2.77 bits per heavy atom. The highest BCUT2D eigenvalue weighted by molar-refractivity contribution is 5.98. The Morgan fingerprint density at radius 2 is 2.09 bits per heavy atom. The van der Waals surface area contributed by atoms with Gasteiger partial charge in [-0.25, -0.2) is 0 Å². The number of hydrogen-bond acceptors (Lipinski definition) is 3. The lowest BCUT2D eigenvalue weighted by Gasteiger charge is -2.18. The van der Waals surface area contributed by atoms with Crippen LogP contribution in [-0.2, 0) is 4.79 Å². The van der Waals surface area contributed by atoms with Crippen molar-refractivity contribution in [1.82, 2.24) is 5.32 Å². The second-order valence-electron chi connectivity index (χ2n) is 5.91. The summed E-state index contributed by atoms with van der Waals surface area (Å²) in [5, 5.41) is 5.74. The fraction of sp³-hybridized carbons (Fsp3) is 0.529. The first-order chi connectivity index (χ1) is 10.6. The van der Waals surface area contributed by atoms with E-state index < -0.39 is 0 Å². The molecule has 2 rings (SSSR count). The number of carbonyl (C=O) groups is 2. The zero-order valence-electron chi connectivity index (χ0n) is 13.3. The van der Waals surface area contributed by atoms with E-state index in [-0.39, 0.29) is 23.7 Å². The van der Waals surface area contributed by atoms with Gasteiger partial charge in [0.05, 0.1) is 0 Å². The first-order valence-corrected chi connectivity index (χ1v) is 7.96. The van der Waals surface area contributed by atoms with E-state index >= 15 is 0 Å². The summed E-state index contributed by atoms with van der Waals surface area (Å²) in [5.41, 5.74) is 7.96. The van der Waals surface area contributed by atoms with Gasteiger partial charge in [0.1, 0.15) is 0 Å². The van der Waals surface area contributed by atoms with Crippen LogP contribution in [0.1, 0.15) is 42.1 Å². The SMILES string of the molecule is CCNC(=O)c1ccc(C)c(NC(=O)[C@@H]2CCC[C@@H]2CN)c1. The standard InChI is InChI=1S/C17H25N3O2/c1-3-19-16(21)12-8-7-11(2)15(9-12)20-17(22)14-6-4-5-13(14)10-18/h7-9,13-14H,3-6,10,18H2,1-2H3,(H,19,21)(H,20,22)/t13-,14-/m1/s1. The first kappa shape index (κ1) is 16.5. The van der Waals surface area contributed by atoms with Gasteiger partial charge in [0.2, 0.25) is 5.91 Å². The molecule has 1 aliphatic carbocycles. The van der Waals surface area contributed by atoms with Crippen LogP contribution in [0.5, 0.6) is 0 Å². The van der Waals surface area contributed by atoms with Crippen LogP contribution in [0, 0.1) is 18.8 Å². The summed E-state index contributed by atoms with van der Waals surface area (Å²) in [5.74, 6) is 0.146. The van der Waals surface area contributed by atoms with Crippen molar-refractivity contribution in [2.75, 3.05) is 18.4 Å². The highest BCUT2D eigenvalue weighted by Gasteiger charge is 2.32. The Labute approximate surface area is 131 Å². The lowest BCUT2D eigenvalue weighted by molar-refractivity contribution is -0.120. The second-order valence-corrected chi connectivity index (χ2v) is 5.91. The predicted octanol–water partition coefficient (Wildman–Crippen LogP) is 2.06. The molecule has 5 heteroatoms. The lowest BCUT2D eigenvalue weighted by atomic mass is 9.95. The van der Waals surface area contributed by atoms with Gasteiger partial charge in [-0.3, -0.25) is 9.59 Å². The summed E-state index contributed by atoms with van der Waals surface area (Å²) in [6.07, 6.45) is 2.97. The molecule has 1 aromatic rings. The molecule has 5 nitrogen and oxygen atoms in total. The number of hydrogen-bond donors (Lipinski definition) is 3. The van der Waals surface area contributed by atoms with Crippen molar-refractivity contribution in [3.63, 3.8) is 0 Å². The van der Waals surface area contributed by atoms with Gasteiger partial charge in [0, 0.05) is 23.7 Å². The van der Waals surface area contributed by atoms with E-state index in [4.69, 9.17) is 5.73 Å². The van der Waals surface area contributed by atoms with Crippen LogP contribution in [0.15, 0.2) is 18.2 Å². The zero-order chi connectivity index (χ0) is 16.1. The van der Waals surface area contributed by atoms with E-state index in [1.165, 1.54) is 0 Å². The molecule has 2 amide bonds. The molecule has 1 saturated carbocycles. The summed E-state index contributed by atoms with van der Waals surface area (Å²) in [7, 11) is 0. The van der Waals surface area contributed by atoms with Gasteiger partial charge in [-0.15, -0.1) is 0 Å². The summed E-state index contributed by atoms with van der Waals surface area (Å²) in [6, 6.07) is 5.37. The molecular formula is C17H25N3O2. The first-order valence-electron chi connectivity index (χ1n) is 7.96. The van der Waals surface area contributed by atoms with E-state index in [9.17, 15) is 9.59 Å². The third-order valence-electron chi connectivity index (χ3n) is 4.39. The quantitative estimate of drug-likeness (QED) is 0.778. The number of nitrogens with two attached hydrogens (primary N) is 1. The van der Waals surface area contributed by atoms with Gasteiger partial charge >= 0.3 is 0 Å². The van der Waals surface area contributed by atoms with Gasteiger partial charge in [0.15, 0.2) is 0 Å². The van der Waals surface area contributed by atoms with Crippen LogP contribution in [0.25, 0.3) is 0 Å². The Bertz CT molecular complexity index is 557. The number of carbonyl (C=O) groups excluding carboxylic acids is 2. The molecule has 0 heterocycles. The maximum absolute atomic E-state index is 12.5. The molecule has 0 saturated heterocycles. The normalized spacial score (nSPS) is 20.7. The number of anilines is 1. The molecule has 0 bridgehead atoms. The molecule has 1 fully saturated rings. The van der Waals surface area contributed by atoms with Gasteiger partial charge in [-0.2, -0.15) is 0 Å². The van der Waals surface area contributed by atoms with E-state index in [1.807, 2.05) is 19.9 Å². The van der Waals surface area contributed by atoms with Crippen LogP contribution >= 0.6 is 0 Å². The van der Waals surface area contributed by atoms with Gasteiger partial charge in [0.25, 0.3) is 5.91 Å². The van der Waals surface area contributed by atoms with Crippen molar-refractivity contribution in [2.24, 2.45) is 17.6 Å². The van der Waals surface area contributed by atoms with Crippen molar-refractivity contribution >= 4 is 17.5 Å². The van der Waals surface area contributed by atoms with E-state index in [1.54, 1.807) is 12.1 Å². The summed E-state index contributed by atoms with van der Waals surface area (Å²) in [4.78, 5) is 24.4. The molecule has 1 aromatic carbocycles. The van der Waals surface area contributed by atoms with Crippen molar-refractivity contribution in [1.29, 1.82) is 0 Å². The Morgan fingerprint density at radius 1 is 1.32 bits per heavy atom. The molecule has 0 spiro atoms. The third-order valence-corrected chi connectivity index (χ3v) is 4.39. The summed E-state index contributed by atoms with van der Waals surface area (Å²) in [6.45, 7) is 4.93. The fourth-order valence-electron chi connectivity index (χ4n) is 3.05. The highest BCUT2D eigenvalue weighted by atomic mass is 16.2. The third kappa shape index (κ3) is 3.65. The predicted molar refractivity (Wildman–Crippen MR) is 87.7 cm³/mol. The molecule has 0 radical (unpaired) electrons. The average molecular weight is 303 g/mol. The molecular weight excluding hydrogens is 278 g/mol. The summed E-state index contributed by atoms with van der Waals surface area (Å²) < 4.78 is 0. The van der Waals surface area contributed by atoms with Crippen LogP contribution in [0.4, 0.5) is 5.69 Å². The van der Waals surface area contributed by atoms with Crippen molar-refractivity contribution in [3.8, 4) is 0 Å². The Kier molecular flexibility index (Phi) is 5.55. The molecule has 22 heavy (non-hydrogen) atoms. The number of benzene rings is 1. The number of nitrogens with one attached hydrogen (secondary N) is 2. The van der Waals surface area contributed by atoms with Gasteiger partial charge in [-0.05, 0) is 56.8 Å². The van der Waals surface area contributed by atoms with Crippen molar-refractivity contribution in [3.05, 3.63) is 29.3 Å². The molecule has 0 aromatic heterocycles. The molecule has 1 aliphatic rings.